The van der Waals surface area contributed by atoms with Gasteiger partial charge in [0.2, 0.25) is 5.95 Å². The maximum atomic E-state index is 11.2. The average molecular weight is 405 g/mol. The monoisotopic (exact) mass is 405 g/mol. The van der Waals surface area contributed by atoms with Gasteiger partial charge in [-0.3, -0.25) is 4.79 Å². The first-order chi connectivity index (χ1) is 14.6. The molecule has 9 heteroatoms. The van der Waals surface area contributed by atoms with Crippen molar-refractivity contribution in [3.8, 4) is 0 Å². The standard InChI is InChI=1S/C21H23N7O2/c1-27-7-9-28(10-8-27)21-25-18-17(22-5-6-23-18)19(26-21)24-14-4-2-3-13(11-14)15-12-16(15)20(29)30/h2-6,11,15-16H,7-10,12H2,1H3,(H,29,30)(H,23,24,25,26)/t15-,16-/m0/s1. The molecule has 2 fully saturated rings. The van der Waals surface area contributed by atoms with E-state index in [4.69, 9.17) is 4.98 Å². The second-order valence-corrected chi connectivity index (χ2v) is 7.93. The molecule has 3 heterocycles. The van der Waals surface area contributed by atoms with E-state index in [1.807, 2.05) is 24.3 Å². The Bertz CT molecular complexity index is 1100. The number of likely N-dealkylation sites (N-methyl/N-ethyl adjacent to an activating group) is 1. The molecule has 5 rings (SSSR count). The van der Waals surface area contributed by atoms with Gasteiger partial charge in [0.15, 0.2) is 17.0 Å². The summed E-state index contributed by atoms with van der Waals surface area (Å²) in [6.07, 6.45) is 3.95. The van der Waals surface area contributed by atoms with Crippen LogP contribution in [0.25, 0.3) is 11.2 Å². The minimum atomic E-state index is -0.729. The fraction of sp³-hybridized carbons (Fsp3) is 0.381. The molecule has 0 radical (unpaired) electrons. The van der Waals surface area contributed by atoms with Crippen LogP contribution in [0.1, 0.15) is 17.9 Å². The van der Waals surface area contributed by atoms with Crippen LogP contribution in [-0.2, 0) is 4.79 Å². The number of anilines is 3. The molecule has 2 aliphatic rings. The highest BCUT2D eigenvalue weighted by Crippen LogP contribution is 2.48. The highest BCUT2D eigenvalue weighted by Gasteiger charge is 2.44. The fourth-order valence-corrected chi connectivity index (χ4v) is 3.91. The zero-order chi connectivity index (χ0) is 20.7. The summed E-state index contributed by atoms with van der Waals surface area (Å²) in [5.41, 5.74) is 3.03. The van der Waals surface area contributed by atoms with Gasteiger partial charge in [-0.15, -0.1) is 0 Å². The predicted molar refractivity (Wildman–Crippen MR) is 113 cm³/mol. The highest BCUT2D eigenvalue weighted by molar-refractivity contribution is 5.85. The van der Waals surface area contributed by atoms with Crippen molar-refractivity contribution >= 4 is 34.6 Å². The van der Waals surface area contributed by atoms with Gasteiger partial charge >= 0.3 is 5.97 Å². The number of benzene rings is 1. The molecule has 1 aliphatic heterocycles. The van der Waals surface area contributed by atoms with Crippen LogP contribution >= 0.6 is 0 Å². The van der Waals surface area contributed by atoms with Crippen LogP contribution in [0.15, 0.2) is 36.7 Å². The number of fused-ring (bicyclic) bond motifs is 1. The van der Waals surface area contributed by atoms with E-state index in [9.17, 15) is 9.90 Å². The quantitative estimate of drug-likeness (QED) is 0.660. The Morgan fingerprint density at radius 2 is 1.93 bits per heavy atom. The predicted octanol–water partition coefficient (Wildman–Crippen LogP) is 2.10. The third-order valence-corrected chi connectivity index (χ3v) is 5.79. The molecule has 3 aromatic rings. The first-order valence-electron chi connectivity index (χ1n) is 10.1. The number of aromatic nitrogens is 4. The molecule has 2 aromatic heterocycles. The zero-order valence-corrected chi connectivity index (χ0v) is 16.7. The molecule has 2 N–H and O–H groups in total. The minimum absolute atomic E-state index is 0.0760. The Morgan fingerprint density at radius 3 is 2.70 bits per heavy atom. The van der Waals surface area contributed by atoms with Crippen molar-refractivity contribution in [3.63, 3.8) is 0 Å². The Hall–Kier alpha value is -3.33. The summed E-state index contributed by atoms with van der Waals surface area (Å²) in [7, 11) is 2.11. The summed E-state index contributed by atoms with van der Waals surface area (Å²) in [6.45, 7) is 3.63. The molecule has 0 amide bonds. The number of rotatable bonds is 5. The molecule has 0 spiro atoms. The third-order valence-electron chi connectivity index (χ3n) is 5.79. The van der Waals surface area contributed by atoms with Crippen molar-refractivity contribution in [3.05, 3.63) is 42.2 Å². The summed E-state index contributed by atoms with van der Waals surface area (Å²) in [4.78, 5) is 33.9. The Kier molecular flexibility index (Phi) is 4.66. The van der Waals surface area contributed by atoms with Gasteiger partial charge in [-0.25, -0.2) is 9.97 Å². The molecular formula is C21H23N7O2. The number of hydrogen-bond donors (Lipinski definition) is 2. The third kappa shape index (κ3) is 3.63. The van der Waals surface area contributed by atoms with Crippen LogP contribution in [0.4, 0.5) is 17.5 Å². The Labute approximate surface area is 173 Å². The molecule has 154 valence electrons. The molecule has 0 bridgehead atoms. The first-order valence-corrected chi connectivity index (χ1v) is 10.1. The lowest BCUT2D eigenvalue weighted by Gasteiger charge is -2.32. The van der Waals surface area contributed by atoms with E-state index in [1.165, 1.54) is 0 Å². The summed E-state index contributed by atoms with van der Waals surface area (Å²) < 4.78 is 0. The number of piperazine rings is 1. The van der Waals surface area contributed by atoms with E-state index >= 15 is 0 Å². The van der Waals surface area contributed by atoms with Crippen molar-refractivity contribution in [2.75, 3.05) is 43.4 Å². The van der Waals surface area contributed by atoms with Crippen molar-refractivity contribution in [1.82, 2.24) is 24.8 Å². The summed E-state index contributed by atoms with van der Waals surface area (Å²) in [6, 6.07) is 7.85. The zero-order valence-electron chi connectivity index (χ0n) is 16.7. The van der Waals surface area contributed by atoms with Crippen molar-refractivity contribution in [1.29, 1.82) is 0 Å². The van der Waals surface area contributed by atoms with E-state index in [1.54, 1.807) is 12.4 Å². The van der Waals surface area contributed by atoms with E-state index in [0.29, 0.717) is 29.4 Å². The second kappa shape index (κ2) is 7.49. The smallest absolute Gasteiger partial charge is 0.307 e. The SMILES string of the molecule is CN1CCN(c2nc(Nc3cccc([C@@H]4C[C@@H]4C(=O)O)c3)c3nccnc3n2)CC1. The molecule has 0 unspecified atom stereocenters. The van der Waals surface area contributed by atoms with Crippen LogP contribution in [0, 0.1) is 5.92 Å². The van der Waals surface area contributed by atoms with Crippen LogP contribution in [-0.4, -0.2) is 69.1 Å². The van der Waals surface area contributed by atoms with E-state index in [0.717, 1.165) is 37.4 Å². The molecule has 1 saturated heterocycles. The molecule has 9 nitrogen and oxygen atoms in total. The number of carbonyl (C=O) groups is 1. The van der Waals surface area contributed by atoms with Crippen LogP contribution in [0.3, 0.4) is 0 Å². The number of carboxylic acids is 1. The minimum Gasteiger partial charge on any atom is -0.481 e. The fourth-order valence-electron chi connectivity index (χ4n) is 3.91. The van der Waals surface area contributed by atoms with E-state index < -0.39 is 5.97 Å². The van der Waals surface area contributed by atoms with Gasteiger partial charge in [-0.05, 0) is 37.1 Å². The van der Waals surface area contributed by atoms with E-state index in [-0.39, 0.29) is 11.8 Å². The highest BCUT2D eigenvalue weighted by atomic mass is 16.4. The number of carboxylic acid groups (broad SMARTS) is 1. The largest absolute Gasteiger partial charge is 0.481 e. The molecule has 1 aromatic carbocycles. The lowest BCUT2D eigenvalue weighted by atomic mass is 10.1. The summed E-state index contributed by atoms with van der Waals surface area (Å²) in [5.74, 6) is 0.307. The molecule has 1 saturated carbocycles. The molecular weight excluding hydrogens is 382 g/mol. The molecule has 1 aliphatic carbocycles. The molecule has 30 heavy (non-hydrogen) atoms. The van der Waals surface area contributed by atoms with Gasteiger partial charge < -0.3 is 20.2 Å². The van der Waals surface area contributed by atoms with Crippen molar-refractivity contribution in [2.45, 2.75) is 12.3 Å². The van der Waals surface area contributed by atoms with Crippen LogP contribution in [0.2, 0.25) is 0 Å². The van der Waals surface area contributed by atoms with Gasteiger partial charge in [0.1, 0.15) is 0 Å². The average Bonchev–Trinajstić information content (AvgIpc) is 3.56. The summed E-state index contributed by atoms with van der Waals surface area (Å²) in [5, 5.41) is 12.6. The van der Waals surface area contributed by atoms with Crippen LogP contribution in [0.5, 0.6) is 0 Å². The maximum Gasteiger partial charge on any atom is 0.307 e. The lowest BCUT2D eigenvalue weighted by Crippen LogP contribution is -2.45. The van der Waals surface area contributed by atoms with Gasteiger partial charge in [0, 0.05) is 44.3 Å². The van der Waals surface area contributed by atoms with Crippen LogP contribution < -0.4 is 10.2 Å². The van der Waals surface area contributed by atoms with Crippen molar-refractivity contribution < 1.29 is 9.90 Å². The maximum absolute atomic E-state index is 11.2. The van der Waals surface area contributed by atoms with E-state index in [2.05, 4.69) is 37.1 Å². The van der Waals surface area contributed by atoms with Gasteiger partial charge in [-0.2, -0.15) is 9.97 Å². The second-order valence-electron chi connectivity index (χ2n) is 7.93. The molecule has 2 atom stereocenters. The normalized spacial score (nSPS) is 21.6. The number of nitrogens with zero attached hydrogens (tertiary/aromatic N) is 6. The lowest BCUT2D eigenvalue weighted by molar-refractivity contribution is -0.138. The number of aliphatic carboxylic acids is 1. The topological polar surface area (TPSA) is 107 Å². The Balaban J connectivity index is 1.46. The summed E-state index contributed by atoms with van der Waals surface area (Å²) >= 11 is 0. The van der Waals surface area contributed by atoms with Crippen molar-refractivity contribution in [2.24, 2.45) is 5.92 Å². The Morgan fingerprint density at radius 1 is 1.13 bits per heavy atom. The van der Waals surface area contributed by atoms with Gasteiger partial charge in [0.25, 0.3) is 0 Å². The first kappa shape index (κ1) is 18.7. The number of hydrogen-bond acceptors (Lipinski definition) is 8. The van der Waals surface area contributed by atoms with Gasteiger partial charge in [-0.1, -0.05) is 12.1 Å². The van der Waals surface area contributed by atoms with Gasteiger partial charge in [0.05, 0.1) is 5.92 Å². The number of nitrogens with one attached hydrogen (secondary N) is 1.